The molecule has 3 rings (SSSR count). The molecule has 1 aromatic heterocycles. The predicted molar refractivity (Wildman–Crippen MR) is 81.2 cm³/mol. The molecular weight excluding hydrogens is 310 g/mol. The number of fused-ring (bicyclic) bond motifs is 1. The van der Waals surface area contributed by atoms with Crippen molar-refractivity contribution in [3.8, 4) is 0 Å². The minimum Gasteiger partial charge on any atom is -0.478 e. The molecule has 0 aliphatic carbocycles. The van der Waals surface area contributed by atoms with Gasteiger partial charge >= 0.3 is 11.9 Å². The predicted octanol–water partition coefficient (Wildman–Crippen LogP) is 0.855. The van der Waals surface area contributed by atoms with E-state index in [9.17, 15) is 9.59 Å². The van der Waals surface area contributed by atoms with Gasteiger partial charge < -0.3 is 20.4 Å². The van der Waals surface area contributed by atoms with Crippen molar-refractivity contribution in [3.63, 3.8) is 0 Å². The molecule has 3 heterocycles. The van der Waals surface area contributed by atoms with E-state index in [-0.39, 0.29) is 0 Å². The van der Waals surface area contributed by atoms with Crippen LogP contribution in [0.4, 0.5) is 5.69 Å². The minimum absolute atomic E-state index is 0.558. The van der Waals surface area contributed by atoms with Crippen molar-refractivity contribution in [1.82, 2.24) is 10.3 Å². The van der Waals surface area contributed by atoms with Crippen molar-refractivity contribution in [2.75, 3.05) is 24.5 Å². The third-order valence-electron chi connectivity index (χ3n) is 3.55. The molecule has 3 N–H and O–H groups in total. The minimum atomic E-state index is -1.26. The number of anilines is 1. The normalized spacial score (nSPS) is 22.5. The monoisotopic (exact) mass is 325 g/mol. The number of halogens is 1. The van der Waals surface area contributed by atoms with E-state index >= 15 is 0 Å². The Balaban J connectivity index is 0.000000192. The van der Waals surface area contributed by atoms with Gasteiger partial charge in [-0.2, -0.15) is 0 Å². The highest BCUT2D eigenvalue weighted by molar-refractivity contribution is 6.29. The molecule has 0 saturated carbocycles. The third kappa shape index (κ3) is 4.19. The van der Waals surface area contributed by atoms with E-state index in [1.54, 1.807) is 0 Å². The highest BCUT2D eigenvalue weighted by atomic mass is 35.5. The Hall–Kier alpha value is -2.12. The molecule has 0 amide bonds. The van der Waals surface area contributed by atoms with Crippen molar-refractivity contribution in [3.05, 3.63) is 35.6 Å². The summed E-state index contributed by atoms with van der Waals surface area (Å²) in [6.07, 6.45) is 2.97. The van der Waals surface area contributed by atoms with E-state index in [1.807, 2.05) is 18.3 Å². The Morgan fingerprint density at radius 3 is 2.45 bits per heavy atom. The second-order valence-electron chi connectivity index (χ2n) is 4.99. The van der Waals surface area contributed by atoms with Gasteiger partial charge in [0, 0.05) is 43.7 Å². The second kappa shape index (κ2) is 7.24. The molecule has 2 aliphatic heterocycles. The summed E-state index contributed by atoms with van der Waals surface area (Å²) in [5.74, 6) is -1.68. The summed E-state index contributed by atoms with van der Waals surface area (Å²) in [6, 6.07) is 4.58. The zero-order valence-electron chi connectivity index (χ0n) is 11.6. The van der Waals surface area contributed by atoms with Crippen LogP contribution in [0.1, 0.15) is 0 Å². The van der Waals surface area contributed by atoms with Crippen molar-refractivity contribution >= 4 is 29.2 Å². The van der Waals surface area contributed by atoms with Gasteiger partial charge in [0.2, 0.25) is 0 Å². The summed E-state index contributed by atoms with van der Waals surface area (Å²) >= 11 is 5.75. The summed E-state index contributed by atoms with van der Waals surface area (Å²) < 4.78 is 0. The lowest BCUT2D eigenvalue weighted by Crippen LogP contribution is -2.55. The number of nitrogens with zero attached hydrogens (tertiary/aromatic N) is 2. The summed E-state index contributed by atoms with van der Waals surface area (Å²) in [5, 5.41) is 19.6. The number of hydrogen-bond acceptors (Lipinski definition) is 5. The molecule has 1 aromatic rings. The molecule has 2 unspecified atom stereocenters. The Labute approximate surface area is 132 Å². The van der Waals surface area contributed by atoms with Crippen molar-refractivity contribution in [2.45, 2.75) is 6.04 Å². The van der Waals surface area contributed by atoms with Gasteiger partial charge in [0.15, 0.2) is 0 Å². The Morgan fingerprint density at radius 2 is 1.95 bits per heavy atom. The first-order chi connectivity index (χ1) is 10.5. The molecule has 8 heteroatoms. The Morgan fingerprint density at radius 1 is 1.27 bits per heavy atom. The first kappa shape index (κ1) is 16.3. The van der Waals surface area contributed by atoms with E-state index in [0.717, 1.165) is 19.0 Å². The average Bonchev–Trinajstić information content (AvgIpc) is 2.81. The average molecular weight is 326 g/mol. The smallest absolute Gasteiger partial charge is 0.328 e. The van der Waals surface area contributed by atoms with Gasteiger partial charge in [-0.3, -0.25) is 0 Å². The first-order valence-corrected chi connectivity index (χ1v) is 7.08. The molecule has 22 heavy (non-hydrogen) atoms. The number of carbonyl (C=O) groups is 2. The highest BCUT2D eigenvalue weighted by Crippen LogP contribution is 2.32. The van der Waals surface area contributed by atoms with E-state index in [0.29, 0.717) is 23.3 Å². The largest absolute Gasteiger partial charge is 0.478 e. The highest BCUT2D eigenvalue weighted by Gasteiger charge is 2.42. The van der Waals surface area contributed by atoms with Gasteiger partial charge in [0.25, 0.3) is 0 Å². The zero-order chi connectivity index (χ0) is 16.1. The molecule has 2 saturated heterocycles. The number of aliphatic carboxylic acids is 2. The number of hydrogen-bond donors (Lipinski definition) is 3. The van der Waals surface area contributed by atoms with Crippen LogP contribution in [0.3, 0.4) is 0 Å². The van der Waals surface area contributed by atoms with Crippen molar-refractivity contribution in [2.24, 2.45) is 5.92 Å². The summed E-state index contributed by atoms with van der Waals surface area (Å²) in [4.78, 5) is 25.6. The fourth-order valence-corrected chi connectivity index (χ4v) is 2.61. The topological polar surface area (TPSA) is 103 Å². The molecule has 7 nitrogen and oxygen atoms in total. The van der Waals surface area contributed by atoms with Gasteiger partial charge in [-0.25, -0.2) is 14.6 Å². The number of nitrogens with one attached hydrogen (secondary N) is 1. The first-order valence-electron chi connectivity index (χ1n) is 6.70. The van der Waals surface area contributed by atoms with Gasteiger partial charge in [0.1, 0.15) is 5.15 Å². The Kier molecular flexibility index (Phi) is 5.35. The van der Waals surface area contributed by atoms with Gasteiger partial charge in [-0.1, -0.05) is 11.6 Å². The molecule has 2 aliphatic rings. The molecule has 0 radical (unpaired) electrons. The van der Waals surface area contributed by atoms with Gasteiger partial charge in [0.05, 0.1) is 11.9 Å². The number of rotatable bonds is 3. The number of aromatic nitrogens is 1. The van der Waals surface area contributed by atoms with Crippen LogP contribution < -0.4 is 10.2 Å². The summed E-state index contributed by atoms with van der Waals surface area (Å²) in [7, 11) is 0. The molecule has 2 fully saturated rings. The maximum Gasteiger partial charge on any atom is 0.328 e. The van der Waals surface area contributed by atoms with Crippen molar-refractivity contribution < 1.29 is 19.8 Å². The van der Waals surface area contributed by atoms with Crippen LogP contribution in [0.2, 0.25) is 5.15 Å². The van der Waals surface area contributed by atoms with Crippen LogP contribution in [0.5, 0.6) is 0 Å². The maximum atomic E-state index is 9.55. The van der Waals surface area contributed by atoms with Crippen LogP contribution in [0.15, 0.2) is 30.5 Å². The summed E-state index contributed by atoms with van der Waals surface area (Å²) in [6.45, 7) is 3.43. The lowest BCUT2D eigenvalue weighted by Gasteiger charge is -2.45. The molecular formula is C14H16ClN3O4. The Bertz CT molecular complexity index is 560. The van der Waals surface area contributed by atoms with Crippen LogP contribution in [-0.2, 0) is 9.59 Å². The fourth-order valence-electron chi connectivity index (χ4n) is 2.50. The van der Waals surface area contributed by atoms with E-state index in [4.69, 9.17) is 21.8 Å². The summed E-state index contributed by atoms with van der Waals surface area (Å²) in [5.41, 5.74) is 1.19. The van der Waals surface area contributed by atoms with Crippen molar-refractivity contribution in [1.29, 1.82) is 0 Å². The molecule has 0 aromatic carbocycles. The van der Waals surface area contributed by atoms with Crippen LogP contribution >= 0.6 is 11.6 Å². The quantitative estimate of drug-likeness (QED) is 0.559. The SMILES string of the molecule is Clc1ccc(N2CC3CNCC32)cn1.O=C(O)C=CC(=O)O. The van der Waals surface area contributed by atoms with Crippen LogP contribution in [-0.4, -0.2) is 52.8 Å². The van der Waals surface area contributed by atoms with Crippen LogP contribution in [0.25, 0.3) is 0 Å². The molecule has 118 valence electrons. The third-order valence-corrected chi connectivity index (χ3v) is 3.77. The molecule has 2 atom stereocenters. The molecule has 0 spiro atoms. The maximum absolute atomic E-state index is 9.55. The lowest BCUT2D eigenvalue weighted by atomic mass is 9.91. The molecule has 0 bridgehead atoms. The van der Waals surface area contributed by atoms with E-state index < -0.39 is 11.9 Å². The number of pyridine rings is 1. The van der Waals surface area contributed by atoms with Gasteiger partial charge in [-0.05, 0) is 12.1 Å². The van der Waals surface area contributed by atoms with E-state index in [2.05, 4.69) is 15.2 Å². The zero-order valence-corrected chi connectivity index (χ0v) is 12.4. The standard InChI is InChI=1S/C10H12ClN3.C4H4O4/c11-10-2-1-8(4-13-10)14-6-7-3-12-5-9(7)14;5-3(6)1-2-4(7)8/h1-2,4,7,9,12H,3,5-6H2;1-2H,(H,5,6)(H,7,8). The van der Waals surface area contributed by atoms with Crippen LogP contribution in [0, 0.1) is 5.92 Å². The number of carboxylic acids is 2. The fraction of sp³-hybridized carbons (Fsp3) is 0.357. The van der Waals surface area contributed by atoms with Gasteiger partial charge in [-0.15, -0.1) is 0 Å². The van der Waals surface area contributed by atoms with E-state index in [1.165, 1.54) is 12.2 Å². The lowest BCUT2D eigenvalue weighted by molar-refractivity contribution is -0.134. The second-order valence-corrected chi connectivity index (χ2v) is 5.37. The number of carboxylic acid groups (broad SMARTS) is 2.